The lowest BCUT2D eigenvalue weighted by Gasteiger charge is -2.15. The molecule has 3 nitrogen and oxygen atoms in total. The molecule has 0 aliphatic carbocycles. The molecule has 0 aliphatic rings. The molecule has 110 valence electrons. The molecule has 0 aliphatic heterocycles. The summed E-state index contributed by atoms with van der Waals surface area (Å²) >= 11 is 5.96. The molecule has 0 saturated carbocycles. The first-order valence-electron chi connectivity index (χ1n) is 6.80. The summed E-state index contributed by atoms with van der Waals surface area (Å²) in [4.78, 5) is 12.0. The summed E-state index contributed by atoms with van der Waals surface area (Å²) in [5, 5.41) is 3.54. The lowest BCUT2D eigenvalue weighted by Crippen LogP contribution is -2.35. The van der Waals surface area contributed by atoms with Gasteiger partial charge in [0.2, 0.25) is 0 Å². The number of benzene rings is 2. The van der Waals surface area contributed by atoms with Crippen molar-refractivity contribution in [3.05, 3.63) is 64.7 Å². The number of rotatable bonds is 5. The number of carbonyl (C=O) groups excluding carboxylic acids is 1. The monoisotopic (exact) mass is 303 g/mol. The molecule has 2 aromatic carbocycles. The number of ether oxygens (including phenoxy) is 1. The van der Waals surface area contributed by atoms with Crippen LogP contribution < -0.4 is 10.1 Å². The molecule has 4 heteroatoms. The molecule has 1 atom stereocenters. The number of amides is 1. The highest BCUT2D eigenvalue weighted by Crippen LogP contribution is 2.21. The van der Waals surface area contributed by atoms with Crippen molar-refractivity contribution in [2.45, 2.75) is 26.5 Å². The first-order valence-corrected chi connectivity index (χ1v) is 7.18. The van der Waals surface area contributed by atoms with Gasteiger partial charge in [-0.1, -0.05) is 41.9 Å². The zero-order valence-electron chi connectivity index (χ0n) is 12.1. The number of halogens is 1. The summed E-state index contributed by atoms with van der Waals surface area (Å²) in [6, 6.07) is 15.1. The number of carbonyl (C=O) groups is 1. The van der Waals surface area contributed by atoms with Gasteiger partial charge in [-0.3, -0.25) is 4.79 Å². The van der Waals surface area contributed by atoms with Crippen LogP contribution in [0.15, 0.2) is 48.5 Å². The molecule has 2 rings (SSSR count). The van der Waals surface area contributed by atoms with E-state index in [0.29, 0.717) is 17.3 Å². The van der Waals surface area contributed by atoms with Gasteiger partial charge in [0.25, 0.3) is 5.91 Å². The van der Waals surface area contributed by atoms with Gasteiger partial charge in [0.15, 0.2) is 6.10 Å². The zero-order chi connectivity index (χ0) is 15.2. The van der Waals surface area contributed by atoms with Crippen molar-refractivity contribution < 1.29 is 9.53 Å². The van der Waals surface area contributed by atoms with Gasteiger partial charge in [0.05, 0.1) is 0 Å². The maximum Gasteiger partial charge on any atom is 0.261 e. The van der Waals surface area contributed by atoms with Gasteiger partial charge in [-0.05, 0) is 43.2 Å². The van der Waals surface area contributed by atoms with E-state index in [9.17, 15) is 4.79 Å². The molecule has 21 heavy (non-hydrogen) atoms. The van der Waals surface area contributed by atoms with E-state index in [2.05, 4.69) is 5.32 Å². The average Bonchev–Trinajstić information content (AvgIpc) is 2.49. The van der Waals surface area contributed by atoms with Crippen molar-refractivity contribution >= 4 is 17.5 Å². The SMILES string of the molecule is Cc1cc(OC(C)C(=O)NCc2ccccc2)ccc1Cl. The maximum atomic E-state index is 12.0. The van der Waals surface area contributed by atoms with Crippen LogP contribution in [-0.4, -0.2) is 12.0 Å². The Balaban J connectivity index is 1.88. The predicted octanol–water partition coefficient (Wildman–Crippen LogP) is 3.73. The Morgan fingerprint density at radius 3 is 2.62 bits per heavy atom. The Morgan fingerprint density at radius 1 is 1.24 bits per heavy atom. The normalized spacial score (nSPS) is 11.8. The highest BCUT2D eigenvalue weighted by Gasteiger charge is 2.14. The molecule has 0 saturated heterocycles. The molecule has 0 spiro atoms. The standard InChI is InChI=1S/C17H18ClNO2/c1-12-10-15(8-9-16(12)18)21-13(2)17(20)19-11-14-6-4-3-5-7-14/h3-10,13H,11H2,1-2H3,(H,19,20). The fraction of sp³-hybridized carbons (Fsp3) is 0.235. The number of aryl methyl sites for hydroxylation is 1. The summed E-state index contributed by atoms with van der Waals surface area (Å²) < 4.78 is 5.63. The van der Waals surface area contributed by atoms with E-state index in [-0.39, 0.29) is 5.91 Å². The summed E-state index contributed by atoms with van der Waals surface area (Å²) in [7, 11) is 0. The molecule has 1 N–H and O–H groups in total. The molecule has 0 bridgehead atoms. The molecule has 0 fully saturated rings. The third-order valence-electron chi connectivity index (χ3n) is 3.12. The smallest absolute Gasteiger partial charge is 0.261 e. The van der Waals surface area contributed by atoms with Crippen molar-refractivity contribution in [1.29, 1.82) is 0 Å². The van der Waals surface area contributed by atoms with Crippen LogP contribution >= 0.6 is 11.6 Å². The molecule has 1 amide bonds. The summed E-state index contributed by atoms with van der Waals surface area (Å²) in [6.45, 7) is 4.12. The highest BCUT2D eigenvalue weighted by atomic mass is 35.5. The van der Waals surface area contributed by atoms with Crippen LogP contribution in [0.4, 0.5) is 0 Å². The first kappa shape index (κ1) is 15.4. The van der Waals surface area contributed by atoms with E-state index in [4.69, 9.17) is 16.3 Å². The van der Waals surface area contributed by atoms with Crippen molar-refractivity contribution in [2.75, 3.05) is 0 Å². The number of hydrogen-bond donors (Lipinski definition) is 1. The molecular weight excluding hydrogens is 286 g/mol. The van der Waals surface area contributed by atoms with Crippen LogP contribution in [0.2, 0.25) is 5.02 Å². The first-order chi connectivity index (χ1) is 10.1. The Morgan fingerprint density at radius 2 is 1.95 bits per heavy atom. The number of hydrogen-bond acceptors (Lipinski definition) is 2. The van der Waals surface area contributed by atoms with Gasteiger partial charge in [0.1, 0.15) is 5.75 Å². The van der Waals surface area contributed by atoms with Crippen molar-refractivity contribution in [3.8, 4) is 5.75 Å². The van der Waals surface area contributed by atoms with E-state index in [0.717, 1.165) is 11.1 Å². The molecule has 2 aromatic rings. The van der Waals surface area contributed by atoms with E-state index in [1.807, 2.05) is 43.3 Å². The quantitative estimate of drug-likeness (QED) is 0.914. The second-order valence-electron chi connectivity index (χ2n) is 4.87. The number of nitrogens with one attached hydrogen (secondary N) is 1. The van der Waals surface area contributed by atoms with Gasteiger partial charge in [-0.25, -0.2) is 0 Å². The Kier molecular flexibility index (Phi) is 5.23. The van der Waals surface area contributed by atoms with Gasteiger partial charge < -0.3 is 10.1 Å². The summed E-state index contributed by atoms with van der Waals surface area (Å²) in [5.41, 5.74) is 1.98. The van der Waals surface area contributed by atoms with E-state index in [1.54, 1.807) is 19.1 Å². The van der Waals surface area contributed by atoms with Crippen molar-refractivity contribution in [1.82, 2.24) is 5.32 Å². The topological polar surface area (TPSA) is 38.3 Å². The van der Waals surface area contributed by atoms with Crippen LogP contribution in [0, 0.1) is 6.92 Å². The van der Waals surface area contributed by atoms with Gasteiger partial charge in [0, 0.05) is 11.6 Å². The largest absolute Gasteiger partial charge is 0.481 e. The van der Waals surface area contributed by atoms with Crippen molar-refractivity contribution in [2.24, 2.45) is 0 Å². The van der Waals surface area contributed by atoms with Gasteiger partial charge in [-0.2, -0.15) is 0 Å². The fourth-order valence-corrected chi connectivity index (χ4v) is 1.99. The molecule has 0 radical (unpaired) electrons. The maximum absolute atomic E-state index is 12.0. The van der Waals surface area contributed by atoms with Crippen LogP contribution in [0.25, 0.3) is 0 Å². The second kappa shape index (κ2) is 7.14. The summed E-state index contributed by atoms with van der Waals surface area (Å²) in [6.07, 6.45) is -0.561. The summed E-state index contributed by atoms with van der Waals surface area (Å²) in [5.74, 6) is 0.491. The Hall–Kier alpha value is -2.00. The third kappa shape index (κ3) is 4.50. The van der Waals surface area contributed by atoms with Crippen LogP contribution in [0.1, 0.15) is 18.1 Å². The van der Waals surface area contributed by atoms with Crippen LogP contribution in [-0.2, 0) is 11.3 Å². The third-order valence-corrected chi connectivity index (χ3v) is 3.55. The van der Waals surface area contributed by atoms with Crippen LogP contribution in [0.5, 0.6) is 5.75 Å². The lowest BCUT2D eigenvalue weighted by molar-refractivity contribution is -0.127. The lowest BCUT2D eigenvalue weighted by atomic mass is 10.2. The Bertz CT molecular complexity index is 613. The minimum atomic E-state index is -0.561. The average molecular weight is 304 g/mol. The van der Waals surface area contributed by atoms with Crippen molar-refractivity contribution in [3.63, 3.8) is 0 Å². The fourth-order valence-electron chi connectivity index (χ4n) is 1.88. The van der Waals surface area contributed by atoms with Gasteiger partial charge >= 0.3 is 0 Å². The molecule has 0 heterocycles. The molecule has 1 unspecified atom stereocenters. The molecular formula is C17H18ClNO2. The van der Waals surface area contributed by atoms with Crippen LogP contribution in [0.3, 0.4) is 0 Å². The molecule has 0 aromatic heterocycles. The minimum Gasteiger partial charge on any atom is -0.481 e. The van der Waals surface area contributed by atoms with E-state index < -0.39 is 6.10 Å². The highest BCUT2D eigenvalue weighted by molar-refractivity contribution is 6.31. The Labute approximate surface area is 129 Å². The predicted molar refractivity (Wildman–Crippen MR) is 84.6 cm³/mol. The second-order valence-corrected chi connectivity index (χ2v) is 5.28. The van der Waals surface area contributed by atoms with E-state index in [1.165, 1.54) is 0 Å². The van der Waals surface area contributed by atoms with Gasteiger partial charge in [-0.15, -0.1) is 0 Å². The van der Waals surface area contributed by atoms with E-state index >= 15 is 0 Å². The minimum absolute atomic E-state index is 0.147. The zero-order valence-corrected chi connectivity index (χ0v) is 12.9.